The van der Waals surface area contributed by atoms with E-state index in [0.29, 0.717) is 31.7 Å². The summed E-state index contributed by atoms with van der Waals surface area (Å²) in [5.74, 6) is 0.556. The smallest absolute Gasteiger partial charge is 0.222 e. The zero-order valence-corrected chi connectivity index (χ0v) is 13.6. The van der Waals surface area contributed by atoms with Crippen molar-refractivity contribution < 1.29 is 9.59 Å². The molecule has 22 heavy (non-hydrogen) atoms. The van der Waals surface area contributed by atoms with Gasteiger partial charge in [-0.2, -0.15) is 0 Å². The molecule has 4 heteroatoms. The van der Waals surface area contributed by atoms with Crippen molar-refractivity contribution in [1.82, 2.24) is 10.2 Å². The summed E-state index contributed by atoms with van der Waals surface area (Å²) < 4.78 is 0. The first kappa shape index (κ1) is 16.5. The fourth-order valence-corrected chi connectivity index (χ4v) is 3.02. The molecule has 0 saturated carbocycles. The molecule has 120 valence electrons. The van der Waals surface area contributed by atoms with Crippen LogP contribution in [0, 0.1) is 0 Å². The van der Waals surface area contributed by atoms with E-state index in [2.05, 4.69) is 29.6 Å². The van der Waals surface area contributed by atoms with E-state index >= 15 is 0 Å². The van der Waals surface area contributed by atoms with Crippen LogP contribution in [0.4, 0.5) is 0 Å². The molecule has 2 amide bonds. The fraction of sp³-hybridized carbons (Fsp3) is 0.556. The summed E-state index contributed by atoms with van der Waals surface area (Å²) in [6.45, 7) is 0.706. The summed E-state index contributed by atoms with van der Waals surface area (Å²) in [4.78, 5) is 24.9. The van der Waals surface area contributed by atoms with Crippen LogP contribution in [0.25, 0.3) is 0 Å². The molecular weight excluding hydrogens is 276 g/mol. The predicted molar refractivity (Wildman–Crippen MR) is 87.7 cm³/mol. The SMILES string of the molecule is CN(C)C(=O)CCCC(=O)NC[C@@H]1CCCc2ccccc21. The highest BCUT2D eigenvalue weighted by atomic mass is 16.2. The van der Waals surface area contributed by atoms with Crippen molar-refractivity contribution >= 4 is 11.8 Å². The summed E-state index contributed by atoms with van der Waals surface area (Å²) in [5.41, 5.74) is 2.81. The van der Waals surface area contributed by atoms with Crippen molar-refractivity contribution in [3.8, 4) is 0 Å². The van der Waals surface area contributed by atoms with Crippen LogP contribution in [-0.2, 0) is 16.0 Å². The van der Waals surface area contributed by atoms with Crippen molar-refractivity contribution in [2.24, 2.45) is 0 Å². The minimum absolute atomic E-state index is 0.0506. The van der Waals surface area contributed by atoms with E-state index in [0.717, 1.165) is 12.8 Å². The standard InChI is InChI=1S/C18H26N2O2/c1-20(2)18(22)12-6-11-17(21)19-13-15-9-5-8-14-7-3-4-10-16(14)15/h3-4,7,10,15H,5-6,8-9,11-13H2,1-2H3,(H,19,21)/t15-/m0/s1. The molecule has 0 bridgehead atoms. The van der Waals surface area contributed by atoms with Gasteiger partial charge in [-0.1, -0.05) is 24.3 Å². The number of carbonyl (C=O) groups excluding carboxylic acids is 2. The lowest BCUT2D eigenvalue weighted by Crippen LogP contribution is -2.30. The molecule has 4 nitrogen and oxygen atoms in total. The molecule has 0 fully saturated rings. The van der Waals surface area contributed by atoms with Crippen LogP contribution in [0.2, 0.25) is 0 Å². The molecule has 0 aromatic heterocycles. The van der Waals surface area contributed by atoms with E-state index in [1.165, 1.54) is 17.5 Å². The lowest BCUT2D eigenvalue weighted by atomic mass is 9.83. The third kappa shape index (κ3) is 4.58. The summed E-state index contributed by atoms with van der Waals surface area (Å²) in [6, 6.07) is 8.53. The van der Waals surface area contributed by atoms with Gasteiger partial charge in [-0.15, -0.1) is 0 Å². The Hall–Kier alpha value is -1.84. The average molecular weight is 302 g/mol. The number of amides is 2. The van der Waals surface area contributed by atoms with Crippen LogP contribution in [0.3, 0.4) is 0 Å². The fourth-order valence-electron chi connectivity index (χ4n) is 3.02. The zero-order chi connectivity index (χ0) is 15.9. The first-order chi connectivity index (χ1) is 10.6. The van der Waals surface area contributed by atoms with Crippen LogP contribution in [0.15, 0.2) is 24.3 Å². The number of nitrogens with one attached hydrogen (secondary N) is 1. The maximum absolute atomic E-state index is 11.9. The first-order valence-electron chi connectivity index (χ1n) is 8.12. The largest absolute Gasteiger partial charge is 0.355 e. The van der Waals surface area contributed by atoms with Gasteiger partial charge in [0, 0.05) is 39.4 Å². The van der Waals surface area contributed by atoms with Crippen molar-refractivity contribution in [2.75, 3.05) is 20.6 Å². The Morgan fingerprint density at radius 3 is 2.77 bits per heavy atom. The normalized spacial score (nSPS) is 16.7. The Balaban J connectivity index is 1.74. The Morgan fingerprint density at radius 1 is 1.23 bits per heavy atom. The molecule has 0 radical (unpaired) electrons. The third-order valence-corrected chi connectivity index (χ3v) is 4.33. The van der Waals surface area contributed by atoms with Gasteiger partial charge in [0.05, 0.1) is 0 Å². The van der Waals surface area contributed by atoms with Gasteiger partial charge in [-0.05, 0) is 36.8 Å². The molecular formula is C18H26N2O2. The molecule has 1 aromatic rings. The topological polar surface area (TPSA) is 49.4 Å². The van der Waals surface area contributed by atoms with E-state index in [1.54, 1.807) is 19.0 Å². The van der Waals surface area contributed by atoms with Crippen LogP contribution in [0.5, 0.6) is 0 Å². The van der Waals surface area contributed by atoms with Gasteiger partial charge in [0.15, 0.2) is 0 Å². The van der Waals surface area contributed by atoms with Crippen LogP contribution in [-0.4, -0.2) is 37.4 Å². The van der Waals surface area contributed by atoms with Crippen LogP contribution in [0.1, 0.15) is 49.1 Å². The number of hydrogen-bond donors (Lipinski definition) is 1. The Morgan fingerprint density at radius 2 is 2.00 bits per heavy atom. The number of nitrogens with zero attached hydrogens (tertiary/aromatic N) is 1. The minimum atomic E-state index is 0.0506. The van der Waals surface area contributed by atoms with E-state index in [-0.39, 0.29) is 11.8 Å². The van der Waals surface area contributed by atoms with Gasteiger partial charge >= 0.3 is 0 Å². The molecule has 2 rings (SSSR count). The Kier molecular flexibility index (Phi) is 5.99. The van der Waals surface area contributed by atoms with Crippen molar-refractivity contribution in [3.05, 3.63) is 35.4 Å². The molecule has 1 aliphatic carbocycles. The molecule has 0 heterocycles. The molecule has 1 aliphatic rings. The van der Waals surface area contributed by atoms with E-state index < -0.39 is 0 Å². The van der Waals surface area contributed by atoms with Gasteiger partial charge in [0.1, 0.15) is 0 Å². The number of fused-ring (bicyclic) bond motifs is 1. The number of rotatable bonds is 6. The summed E-state index contributed by atoms with van der Waals surface area (Å²) in [6.07, 6.45) is 4.95. The highest BCUT2D eigenvalue weighted by Crippen LogP contribution is 2.30. The van der Waals surface area contributed by atoms with E-state index in [1.807, 2.05) is 0 Å². The van der Waals surface area contributed by atoms with Crippen LogP contribution >= 0.6 is 0 Å². The molecule has 0 saturated heterocycles. The Labute approximate surface area is 132 Å². The molecule has 0 unspecified atom stereocenters. The minimum Gasteiger partial charge on any atom is -0.355 e. The average Bonchev–Trinajstić information content (AvgIpc) is 2.52. The highest BCUT2D eigenvalue weighted by molar-refractivity contribution is 5.78. The summed E-state index contributed by atoms with van der Waals surface area (Å²) >= 11 is 0. The first-order valence-corrected chi connectivity index (χ1v) is 8.12. The monoisotopic (exact) mass is 302 g/mol. The summed E-state index contributed by atoms with van der Waals surface area (Å²) in [5, 5.41) is 3.03. The molecule has 1 aromatic carbocycles. The van der Waals surface area contributed by atoms with Crippen molar-refractivity contribution in [3.63, 3.8) is 0 Å². The molecule has 0 aliphatic heterocycles. The second-order valence-corrected chi connectivity index (χ2v) is 6.23. The van der Waals surface area contributed by atoms with Crippen molar-refractivity contribution in [2.45, 2.75) is 44.4 Å². The second kappa shape index (κ2) is 7.97. The van der Waals surface area contributed by atoms with Crippen molar-refractivity contribution in [1.29, 1.82) is 0 Å². The molecule has 1 N–H and O–H groups in total. The van der Waals surface area contributed by atoms with Gasteiger partial charge in [-0.3, -0.25) is 9.59 Å². The van der Waals surface area contributed by atoms with Crippen LogP contribution < -0.4 is 5.32 Å². The maximum atomic E-state index is 11.9. The van der Waals surface area contributed by atoms with Gasteiger partial charge < -0.3 is 10.2 Å². The second-order valence-electron chi connectivity index (χ2n) is 6.23. The van der Waals surface area contributed by atoms with E-state index in [9.17, 15) is 9.59 Å². The maximum Gasteiger partial charge on any atom is 0.222 e. The molecule has 1 atom stereocenters. The number of carbonyl (C=O) groups is 2. The Bertz CT molecular complexity index is 526. The number of aryl methyl sites for hydroxylation is 1. The van der Waals surface area contributed by atoms with Gasteiger partial charge in [-0.25, -0.2) is 0 Å². The quantitative estimate of drug-likeness (QED) is 0.877. The third-order valence-electron chi connectivity index (χ3n) is 4.33. The lowest BCUT2D eigenvalue weighted by molar-refractivity contribution is -0.129. The van der Waals surface area contributed by atoms with Gasteiger partial charge in [0.2, 0.25) is 11.8 Å². The predicted octanol–water partition coefficient (Wildman–Crippen LogP) is 2.48. The highest BCUT2D eigenvalue weighted by Gasteiger charge is 2.20. The lowest BCUT2D eigenvalue weighted by Gasteiger charge is -2.25. The summed E-state index contributed by atoms with van der Waals surface area (Å²) in [7, 11) is 3.48. The molecule has 0 spiro atoms. The number of hydrogen-bond acceptors (Lipinski definition) is 2. The van der Waals surface area contributed by atoms with Gasteiger partial charge in [0.25, 0.3) is 0 Å². The van der Waals surface area contributed by atoms with E-state index in [4.69, 9.17) is 0 Å². The zero-order valence-electron chi connectivity index (χ0n) is 13.6. The number of benzene rings is 1.